The Labute approximate surface area is 461 Å². The van der Waals surface area contributed by atoms with Crippen LogP contribution in [-0.2, 0) is 110 Å². The number of ether oxygens (including phenoxy) is 10. The number of nitrogens with zero attached hydrogens (tertiary/aromatic N) is 9. The maximum absolute atomic E-state index is 13.6. The van der Waals surface area contributed by atoms with Gasteiger partial charge in [-0.2, -0.15) is 4.91 Å². The van der Waals surface area contributed by atoms with E-state index in [9.17, 15) is 32.8 Å². The highest BCUT2D eigenvalue weighted by molar-refractivity contribution is 7.85. The summed E-state index contributed by atoms with van der Waals surface area (Å²) in [5.41, 5.74) is 0.792. The normalized spacial score (nSPS) is 21.8. The Bertz CT molecular complexity index is 2100. The van der Waals surface area contributed by atoms with Crippen molar-refractivity contribution in [2.45, 2.75) is 97.0 Å². The van der Waals surface area contributed by atoms with Gasteiger partial charge in [-0.05, 0) is 20.8 Å². The molecule has 3 aliphatic rings. The molecule has 0 spiro atoms. The first-order chi connectivity index (χ1) is 37.6. The van der Waals surface area contributed by atoms with E-state index in [1.165, 1.54) is 0 Å². The molecule has 3 saturated heterocycles. The monoisotopic (exact) mass is 1150 g/mol. The minimum absolute atomic E-state index is 0.139. The van der Waals surface area contributed by atoms with E-state index in [0.29, 0.717) is 142 Å². The summed E-state index contributed by atoms with van der Waals surface area (Å²) in [6.45, 7) is 19.5. The minimum Gasteiger partial charge on any atom is -0.479 e. The number of carboxylic acid groups (broad SMARTS) is 1. The van der Waals surface area contributed by atoms with Gasteiger partial charge in [0, 0.05) is 122 Å². The lowest BCUT2D eigenvalue weighted by atomic mass is 9.95. The highest BCUT2D eigenvalue weighted by Gasteiger charge is 2.55. The van der Waals surface area contributed by atoms with Crippen LogP contribution < -0.4 is 10.6 Å². The molecule has 0 amide bonds. The molecule has 28 nitrogen and oxygen atoms in total. The molecule has 3 N–H and O–H groups in total. The first-order valence-electron chi connectivity index (χ1n) is 26.7. The quantitative estimate of drug-likeness (QED) is 0.0404. The third kappa shape index (κ3) is 24.9. The lowest BCUT2D eigenvalue weighted by molar-refractivity contribution is -0.301. The molecule has 0 aromatic carbocycles. The molecule has 0 bridgehead atoms. The number of aromatic nitrogens is 6. The van der Waals surface area contributed by atoms with E-state index in [2.05, 4.69) is 46.2 Å². The topological polar surface area (TPSA) is 319 Å². The molecule has 30 heteroatoms. The molecule has 3 fully saturated rings. The molecule has 444 valence electrons. The second-order valence-electron chi connectivity index (χ2n) is 20.0. The number of hydrogen-bond donors (Lipinski definition) is 3. The number of hydrogen-bond acceptors (Lipinski definition) is 25. The fraction of sp³-hybridized carbons (Fsp3) is 0.854. The summed E-state index contributed by atoms with van der Waals surface area (Å²) in [5.74, 6) is -1.87. The van der Waals surface area contributed by atoms with Crippen molar-refractivity contribution in [2.24, 2.45) is 17.0 Å². The van der Waals surface area contributed by atoms with Crippen LogP contribution in [0.2, 0.25) is 0 Å². The average molecular weight is 1150 g/mol. The van der Waals surface area contributed by atoms with Crippen LogP contribution in [0.4, 0.5) is 0 Å². The third-order valence-corrected chi connectivity index (χ3v) is 14.9. The van der Waals surface area contributed by atoms with Crippen LogP contribution >= 0.6 is 0 Å². The van der Waals surface area contributed by atoms with Gasteiger partial charge in [0.15, 0.2) is 30.6 Å². The zero-order chi connectivity index (χ0) is 56.1. The summed E-state index contributed by atoms with van der Waals surface area (Å²) < 4.78 is 83.8. The van der Waals surface area contributed by atoms with Crippen molar-refractivity contribution in [1.29, 1.82) is 0 Å². The molecule has 0 radical (unpaired) electrons. The van der Waals surface area contributed by atoms with Crippen molar-refractivity contribution >= 4 is 39.5 Å². The van der Waals surface area contributed by atoms with E-state index in [-0.39, 0.29) is 13.1 Å². The van der Waals surface area contributed by atoms with Crippen LogP contribution in [0.25, 0.3) is 0 Å². The van der Waals surface area contributed by atoms with Crippen molar-refractivity contribution in [3.63, 3.8) is 0 Å². The van der Waals surface area contributed by atoms with Crippen molar-refractivity contribution in [3.8, 4) is 0 Å². The molecule has 0 saturated carbocycles. The summed E-state index contributed by atoms with van der Waals surface area (Å²) in [6, 6.07) is -1.78. The number of nitrogens with one attached hydrogen (secondary N) is 2. The van der Waals surface area contributed by atoms with E-state index in [1.54, 1.807) is 44.0 Å². The predicted molar refractivity (Wildman–Crippen MR) is 282 cm³/mol. The Kier molecular flexibility index (Phi) is 29.8. The van der Waals surface area contributed by atoms with E-state index < -0.39 is 87.6 Å². The first kappa shape index (κ1) is 64.9. The Morgan fingerprint density at radius 1 is 0.667 bits per heavy atom. The molecule has 78 heavy (non-hydrogen) atoms. The lowest BCUT2D eigenvalue weighted by Crippen LogP contribution is -2.63. The van der Waals surface area contributed by atoms with E-state index in [0.717, 1.165) is 37.6 Å². The lowest BCUT2D eigenvalue weighted by Gasteiger charge is -2.43. The second-order valence-corrected chi connectivity index (χ2v) is 23.4. The molecule has 5 rings (SSSR count). The molecule has 7 unspecified atom stereocenters. The highest BCUT2D eigenvalue weighted by atomic mass is 32.2. The molecular formula is C48H83N11O17S2. The number of nitroso groups, excluding NO2 is 1. The van der Waals surface area contributed by atoms with Gasteiger partial charge in [-0.25, -0.2) is 14.2 Å². The summed E-state index contributed by atoms with van der Waals surface area (Å²) in [7, 11) is -1.43. The van der Waals surface area contributed by atoms with Gasteiger partial charge >= 0.3 is 17.9 Å². The number of carbonyl (C=O) groups is 3. The van der Waals surface area contributed by atoms with Crippen molar-refractivity contribution < 1.29 is 75.3 Å². The van der Waals surface area contributed by atoms with E-state index in [1.807, 2.05) is 12.4 Å². The molecule has 3 aliphatic heterocycles. The molecule has 0 aliphatic carbocycles. The largest absolute Gasteiger partial charge is 0.479 e. The Balaban J connectivity index is 0.919. The standard InChI is InChI=1S/C48H83N11O17S2/c1-36(30-49-6-14-67-18-22-71-24-20-69-16-8-58-34-38(51-54-58)32-56-10-26-77(65)27-11-56)45(62)73-41-40(53-64)42(44(60)61)75-47(76-48(3,4)5)43(41)74-46(63)37(2)31-50-7-15-68-19-23-72-25-21-70-17-9-59-35-39(52-55-59)33-57-12-28-78(66)29-13-57/h34-37,40-43,47,49-50H,6-33H2,1-5H3,(H,60,61). The predicted octanol–water partition coefficient (Wildman–Crippen LogP) is -1.17. The van der Waals surface area contributed by atoms with E-state index >= 15 is 0 Å². The van der Waals surface area contributed by atoms with E-state index in [4.69, 9.17) is 47.4 Å². The third-order valence-electron chi connectivity index (χ3n) is 12.3. The summed E-state index contributed by atoms with van der Waals surface area (Å²) in [6.07, 6.45) is -2.82. The van der Waals surface area contributed by atoms with Gasteiger partial charge in [0.2, 0.25) is 0 Å². The summed E-state index contributed by atoms with van der Waals surface area (Å²) >= 11 is 0. The smallest absolute Gasteiger partial charge is 0.335 e. The maximum atomic E-state index is 13.6. The number of carboxylic acids is 1. The fourth-order valence-corrected chi connectivity index (χ4v) is 10.3. The molecule has 2 aromatic heterocycles. The summed E-state index contributed by atoms with van der Waals surface area (Å²) in [5, 5.41) is 36.0. The number of aliphatic carboxylic acids is 1. The van der Waals surface area contributed by atoms with Crippen molar-refractivity contribution in [1.82, 2.24) is 50.4 Å². The molecular weight excluding hydrogens is 1070 g/mol. The second kappa shape index (κ2) is 35.8. The fourth-order valence-electron chi connectivity index (χ4n) is 8.01. The van der Waals surface area contributed by atoms with Crippen LogP contribution in [0, 0.1) is 16.7 Å². The zero-order valence-corrected chi connectivity index (χ0v) is 47.4. The minimum atomic E-state index is -1.87. The van der Waals surface area contributed by atoms with Crippen LogP contribution in [0.3, 0.4) is 0 Å². The van der Waals surface area contributed by atoms with Gasteiger partial charge in [0.05, 0.1) is 121 Å². The molecule has 2 aromatic rings. The number of esters is 2. The van der Waals surface area contributed by atoms with Crippen LogP contribution in [-0.4, -0.2) is 262 Å². The highest BCUT2D eigenvalue weighted by Crippen LogP contribution is 2.32. The molecule has 5 heterocycles. The molecule has 7 atom stereocenters. The zero-order valence-electron chi connectivity index (χ0n) is 45.8. The van der Waals surface area contributed by atoms with Crippen LogP contribution in [0.5, 0.6) is 0 Å². The van der Waals surface area contributed by atoms with Gasteiger partial charge in [0.25, 0.3) is 0 Å². The average Bonchev–Trinajstić information content (AvgIpc) is 4.08. The van der Waals surface area contributed by atoms with Crippen molar-refractivity contribution in [3.05, 3.63) is 28.7 Å². The van der Waals surface area contributed by atoms with Crippen LogP contribution in [0.15, 0.2) is 17.6 Å². The van der Waals surface area contributed by atoms with Gasteiger partial charge in [-0.1, -0.05) is 29.5 Å². The van der Waals surface area contributed by atoms with Gasteiger partial charge in [-0.15, -0.1) is 10.2 Å². The maximum Gasteiger partial charge on any atom is 0.335 e. The Morgan fingerprint density at radius 3 is 1.46 bits per heavy atom. The summed E-state index contributed by atoms with van der Waals surface area (Å²) in [4.78, 5) is 56.1. The van der Waals surface area contributed by atoms with Crippen molar-refractivity contribution in [2.75, 3.05) is 155 Å². The van der Waals surface area contributed by atoms with Gasteiger partial charge < -0.3 is 63.1 Å². The van der Waals surface area contributed by atoms with Crippen LogP contribution in [0.1, 0.15) is 46.0 Å². The number of carbonyl (C=O) groups excluding carboxylic acids is 2. The Hall–Kier alpha value is -3.89. The Morgan fingerprint density at radius 2 is 1.06 bits per heavy atom. The first-order valence-corrected chi connectivity index (χ1v) is 29.7. The number of rotatable bonds is 39. The SMILES string of the molecule is CC(CNCCOCCOCCOCCn1cc(CN2CCS(=O)CC2)nn1)C(=O)OC1C(OC(C)(C)C)OC(C(=O)O)C(N=O)C1OC(=O)C(C)CNCCOCCOCCOCCn1cc(CN2CCS(=O)CC2)nn1. The van der Waals surface area contributed by atoms with Gasteiger partial charge in [0.1, 0.15) is 0 Å². The van der Waals surface area contributed by atoms with Gasteiger partial charge in [-0.3, -0.25) is 27.8 Å².